The van der Waals surface area contributed by atoms with Crippen LogP contribution in [0.2, 0.25) is 0 Å². The fourth-order valence-corrected chi connectivity index (χ4v) is 4.09. The van der Waals surface area contributed by atoms with Crippen LogP contribution in [0, 0.1) is 11.6 Å². The predicted molar refractivity (Wildman–Crippen MR) is 139 cm³/mol. The van der Waals surface area contributed by atoms with Crippen LogP contribution in [-0.4, -0.2) is 75.5 Å². The van der Waals surface area contributed by atoms with Crippen molar-refractivity contribution in [2.75, 3.05) is 33.7 Å². The highest BCUT2D eigenvalue weighted by atomic mass is 32.2. The van der Waals surface area contributed by atoms with E-state index in [1.165, 1.54) is 19.7 Å². The SMILES string of the molecule is CCc1cccc(CNC[C@@H](O)[C@H](Cc2cc(F)cc(F)c2)NC(=O)CNC(=O)CNS(=O)(=O)N(C)C)c1. The standard InChI is InChI=1S/C25H35F2N5O5S/c1-4-17-6-5-7-18(8-17)13-28-14-23(33)22(11-19-9-20(26)12-21(27)10-19)31-25(35)15-29-24(34)16-30-38(36,37)32(2)3/h5-10,12,22-23,28,30,33H,4,11,13-16H2,1-3H3,(H,29,34)(H,31,35)/t22-,23+/m0/s1. The van der Waals surface area contributed by atoms with Gasteiger partial charge in [-0.1, -0.05) is 31.2 Å². The summed E-state index contributed by atoms with van der Waals surface area (Å²) in [5, 5.41) is 18.8. The topological polar surface area (TPSA) is 140 Å². The summed E-state index contributed by atoms with van der Waals surface area (Å²) in [6.45, 7) is 1.49. The lowest BCUT2D eigenvalue weighted by Crippen LogP contribution is -2.51. The molecule has 0 spiro atoms. The number of amides is 2. The maximum atomic E-state index is 13.7. The molecule has 2 amide bonds. The van der Waals surface area contributed by atoms with Crippen molar-refractivity contribution in [2.45, 2.75) is 38.5 Å². The van der Waals surface area contributed by atoms with Gasteiger partial charge in [-0.25, -0.2) is 8.78 Å². The molecule has 0 fully saturated rings. The third-order valence-corrected chi connectivity index (χ3v) is 7.08. The maximum Gasteiger partial charge on any atom is 0.279 e. The Labute approximate surface area is 222 Å². The van der Waals surface area contributed by atoms with Gasteiger partial charge in [0.05, 0.1) is 25.2 Å². The van der Waals surface area contributed by atoms with E-state index in [-0.39, 0.29) is 18.5 Å². The molecule has 2 rings (SSSR count). The van der Waals surface area contributed by atoms with Gasteiger partial charge in [0, 0.05) is 33.3 Å². The molecule has 0 aromatic heterocycles. The number of carbonyl (C=O) groups excluding carboxylic acids is 2. The van der Waals surface area contributed by atoms with Crippen molar-refractivity contribution < 1.29 is 31.9 Å². The average molecular weight is 556 g/mol. The van der Waals surface area contributed by atoms with E-state index >= 15 is 0 Å². The molecule has 2 aromatic rings. The number of aryl methyl sites for hydroxylation is 1. The Kier molecular flexibility index (Phi) is 12.2. The minimum absolute atomic E-state index is 0.0672. The van der Waals surface area contributed by atoms with Gasteiger partial charge in [-0.15, -0.1) is 0 Å². The largest absolute Gasteiger partial charge is 0.390 e. The molecule has 2 atom stereocenters. The lowest BCUT2D eigenvalue weighted by Gasteiger charge is -2.25. The monoisotopic (exact) mass is 555 g/mol. The third kappa shape index (κ3) is 10.8. The summed E-state index contributed by atoms with van der Waals surface area (Å²) in [6.07, 6.45) is -0.333. The third-order valence-electron chi connectivity index (χ3n) is 5.61. The molecule has 210 valence electrons. The number of rotatable bonds is 15. The van der Waals surface area contributed by atoms with Crippen molar-refractivity contribution in [1.29, 1.82) is 0 Å². The number of nitrogens with zero attached hydrogens (tertiary/aromatic N) is 1. The van der Waals surface area contributed by atoms with Crippen LogP contribution in [0.3, 0.4) is 0 Å². The number of aliphatic hydroxyl groups is 1. The van der Waals surface area contributed by atoms with Crippen molar-refractivity contribution in [3.05, 3.63) is 70.8 Å². The van der Waals surface area contributed by atoms with Gasteiger partial charge < -0.3 is 21.1 Å². The molecule has 0 unspecified atom stereocenters. The number of hydrogen-bond donors (Lipinski definition) is 5. The first-order chi connectivity index (χ1) is 17.9. The van der Waals surface area contributed by atoms with Crippen LogP contribution in [0.15, 0.2) is 42.5 Å². The van der Waals surface area contributed by atoms with Crippen LogP contribution in [0.25, 0.3) is 0 Å². The van der Waals surface area contributed by atoms with Crippen LogP contribution in [0.1, 0.15) is 23.6 Å². The fourth-order valence-electron chi connectivity index (χ4n) is 3.52. The molecule has 0 radical (unpaired) electrons. The van der Waals surface area contributed by atoms with Crippen molar-refractivity contribution in [2.24, 2.45) is 0 Å². The summed E-state index contributed by atoms with van der Waals surface area (Å²) >= 11 is 0. The van der Waals surface area contributed by atoms with Crippen LogP contribution in [-0.2, 0) is 39.2 Å². The van der Waals surface area contributed by atoms with E-state index in [0.29, 0.717) is 6.54 Å². The van der Waals surface area contributed by atoms with E-state index in [1.54, 1.807) is 0 Å². The molecule has 10 nitrogen and oxygen atoms in total. The van der Waals surface area contributed by atoms with E-state index in [9.17, 15) is 31.9 Å². The fraction of sp³-hybridized carbons (Fsp3) is 0.440. The highest BCUT2D eigenvalue weighted by Crippen LogP contribution is 2.12. The number of halogens is 2. The molecule has 0 aliphatic heterocycles. The van der Waals surface area contributed by atoms with E-state index < -0.39 is 58.9 Å². The van der Waals surface area contributed by atoms with Crippen LogP contribution in [0.5, 0.6) is 0 Å². The van der Waals surface area contributed by atoms with Gasteiger partial charge in [-0.2, -0.15) is 17.4 Å². The van der Waals surface area contributed by atoms with Gasteiger partial charge >= 0.3 is 0 Å². The number of carbonyl (C=O) groups is 2. The Balaban J connectivity index is 1.99. The zero-order chi connectivity index (χ0) is 28.3. The van der Waals surface area contributed by atoms with E-state index in [4.69, 9.17) is 0 Å². The Morgan fingerprint density at radius 1 is 0.974 bits per heavy atom. The number of nitrogens with one attached hydrogen (secondary N) is 4. The molecule has 0 bridgehead atoms. The second kappa shape index (κ2) is 14.8. The van der Waals surface area contributed by atoms with Crippen molar-refractivity contribution in [1.82, 2.24) is 25.0 Å². The van der Waals surface area contributed by atoms with Crippen molar-refractivity contribution in [3.63, 3.8) is 0 Å². The van der Waals surface area contributed by atoms with Crippen LogP contribution in [0.4, 0.5) is 8.78 Å². The van der Waals surface area contributed by atoms with Gasteiger partial charge in [-0.05, 0) is 41.7 Å². The van der Waals surface area contributed by atoms with E-state index in [2.05, 4.69) is 20.7 Å². The molecule has 0 heterocycles. The summed E-state index contributed by atoms with van der Waals surface area (Å²) in [7, 11) is -1.23. The minimum atomic E-state index is -3.82. The zero-order valence-electron chi connectivity index (χ0n) is 21.6. The van der Waals surface area contributed by atoms with E-state index in [1.807, 2.05) is 31.2 Å². The van der Waals surface area contributed by atoms with Gasteiger partial charge in [0.25, 0.3) is 10.2 Å². The molecule has 13 heteroatoms. The minimum Gasteiger partial charge on any atom is -0.390 e. The molecule has 38 heavy (non-hydrogen) atoms. The van der Waals surface area contributed by atoms with E-state index in [0.717, 1.165) is 34.5 Å². The summed E-state index contributed by atoms with van der Waals surface area (Å²) in [4.78, 5) is 24.5. The zero-order valence-corrected chi connectivity index (χ0v) is 22.4. The highest BCUT2D eigenvalue weighted by molar-refractivity contribution is 7.87. The molecule has 0 aliphatic carbocycles. The lowest BCUT2D eigenvalue weighted by molar-refractivity contribution is -0.126. The molecule has 0 saturated heterocycles. The Bertz CT molecular complexity index is 1180. The smallest absolute Gasteiger partial charge is 0.279 e. The Hall–Kier alpha value is -2.97. The first-order valence-electron chi connectivity index (χ1n) is 12.0. The van der Waals surface area contributed by atoms with Gasteiger partial charge in [0.15, 0.2) is 0 Å². The second-order valence-electron chi connectivity index (χ2n) is 8.91. The maximum absolute atomic E-state index is 13.7. The first-order valence-corrected chi connectivity index (χ1v) is 13.5. The first kappa shape index (κ1) is 31.2. The molecule has 0 saturated carbocycles. The van der Waals surface area contributed by atoms with Crippen molar-refractivity contribution in [3.8, 4) is 0 Å². The van der Waals surface area contributed by atoms with Crippen molar-refractivity contribution >= 4 is 22.0 Å². The number of aliphatic hydroxyl groups excluding tert-OH is 1. The molecule has 5 N–H and O–H groups in total. The van der Waals surface area contributed by atoms with Gasteiger partial charge in [-0.3, -0.25) is 9.59 Å². The summed E-state index contributed by atoms with van der Waals surface area (Å²) < 4.78 is 53.8. The Morgan fingerprint density at radius 3 is 2.26 bits per heavy atom. The Morgan fingerprint density at radius 2 is 1.63 bits per heavy atom. The molecule has 0 aliphatic rings. The summed E-state index contributed by atoms with van der Waals surface area (Å²) in [5.41, 5.74) is 2.40. The highest BCUT2D eigenvalue weighted by Gasteiger charge is 2.23. The van der Waals surface area contributed by atoms with Gasteiger partial charge in [0.2, 0.25) is 11.8 Å². The molecule has 2 aromatic carbocycles. The van der Waals surface area contributed by atoms with Crippen LogP contribution < -0.4 is 20.7 Å². The summed E-state index contributed by atoms with van der Waals surface area (Å²) in [6, 6.07) is 9.92. The molecular formula is C25H35F2N5O5S. The average Bonchev–Trinajstić information content (AvgIpc) is 2.85. The summed E-state index contributed by atoms with van der Waals surface area (Å²) in [5.74, 6) is -3.00. The molecular weight excluding hydrogens is 520 g/mol. The quantitative estimate of drug-likeness (QED) is 0.213. The second-order valence-corrected chi connectivity index (χ2v) is 10.9. The number of benzene rings is 2. The predicted octanol–water partition coefficient (Wildman–Crippen LogP) is 0.217. The van der Waals surface area contributed by atoms with Gasteiger partial charge in [0.1, 0.15) is 11.6 Å². The van der Waals surface area contributed by atoms with Crippen LogP contribution >= 0.6 is 0 Å². The normalized spacial score (nSPS) is 13.2. The lowest BCUT2D eigenvalue weighted by atomic mass is 10.0. The number of hydrogen-bond acceptors (Lipinski definition) is 6.